The Bertz CT molecular complexity index is 426. The van der Waals surface area contributed by atoms with Crippen LogP contribution >= 0.6 is 0 Å². The summed E-state index contributed by atoms with van der Waals surface area (Å²) in [5.74, 6) is -0.927. The van der Waals surface area contributed by atoms with Crippen molar-refractivity contribution in [3.8, 4) is 6.07 Å². The van der Waals surface area contributed by atoms with E-state index in [1.54, 1.807) is 12.1 Å². The number of hydrogen-bond acceptors (Lipinski definition) is 3. The molecule has 84 valence electrons. The number of nitriles is 1. The number of halogens is 1. The van der Waals surface area contributed by atoms with E-state index in [1.807, 2.05) is 0 Å². The molecule has 4 nitrogen and oxygen atoms in total. The van der Waals surface area contributed by atoms with E-state index in [1.165, 1.54) is 12.1 Å². The minimum atomic E-state index is -0.553. The average molecular weight is 221 g/mol. The highest BCUT2D eigenvalue weighted by molar-refractivity contribution is 5.73. The molecule has 0 aliphatic carbocycles. The Kier molecular flexibility index (Phi) is 4.28. The fourth-order valence-electron chi connectivity index (χ4n) is 1.27. The predicted octanol–water partition coefficient (Wildman–Crippen LogP) is 1.37. The topological polar surface area (TPSA) is 78.9 Å². The molecule has 1 aromatic carbocycles. The summed E-state index contributed by atoms with van der Waals surface area (Å²) < 4.78 is 13.2. The lowest BCUT2D eigenvalue weighted by Crippen LogP contribution is -2.13. The Balaban J connectivity index is 2.58. The molecule has 0 bridgehead atoms. The molecule has 0 saturated carbocycles. The van der Waals surface area contributed by atoms with Gasteiger partial charge in [-0.15, -0.1) is 0 Å². The molecular weight excluding hydrogens is 209 g/mol. The summed E-state index contributed by atoms with van der Waals surface area (Å²) in [6.07, 6.45) is 0.820. The maximum atomic E-state index is 13.2. The fourth-order valence-corrected chi connectivity index (χ4v) is 1.27. The zero-order valence-electron chi connectivity index (χ0n) is 8.66. The molecule has 1 amide bonds. The molecule has 0 aliphatic heterocycles. The van der Waals surface area contributed by atoms with Crippen molar-refractivity contribution in [2.75, 3.05) is 11.9 Å². The highest BCUT2D eigenvalue weighted by atomic mass is 19.1. The first kappa shape index (κ1) is 12.0. The zero-order chi connectivity index (χ0) is 12.0. The first-order valence-electron chi connectivity index (χ1n) is 4.86. The van der Waals surface area contributed by atoms with Crippen LogP contribution in [-0.2, 0) is 4.79 Å². The summed E-state index contributed by atoms with van der Waals surface area (Å²) in [6, 6.07) is 6.15. The molecule has 0 heterocycles. The van der Waals surface area contributed by atoms with Gasteiger partial charge in [-0.3, -0.25) is 4.79 Å². The number of hydrogen-bond donors (Lipinski definition) is 2. The molecule has 1 aromatic rings. The van der Waals surface area contributed by atoms with E-state index in [4.69, 9.17) is 11.0 Å². The largest absolute Gasteiger partial charge is 0.384 e. The molecule has 0 spiro atoms. The van der Waals surface area contributed by atoms with Gasteiger partial charge in [-0.05, 0) is 18.6 Å². The Morgan fingerprint density at radius 3 is 2.94 bits per heavy atom. The highest BCUT2D eigenvalue weighted by Gasteiger charge is 2.06. The van der Waals surface area contributed by atoms with Crippen molar-refractivity contribution in [1.82, 2.24) is 0 Å². The smallest absolute Gasteiger partial charge is 0.217 e. The Morgan fingerprint density at radius 1 is 1.56 bits per heavy atom. The SMILES string of the molecule is N#Cc1c(F)cccc1NCCCC(N)=O. The Labute approximate surface area is 92.9 Å². The maximum Gasteiger partial charge on any atom is 0.217 e. The lowest BCUT2D eigenvalue weighted by atomic mass is 10.2. The maximum absolute atomic E-state index is 13.2. The number of nitrogens with one attached hydrogen (secondary N) is 1. The van der Waals surface area contributed by atoms with Crippen molar-refractivity contribution in [3.05, 3.63) is 29.6 Å². The van der Waals surface area contributed by atoms with Crippen LogP contribution in [0, 0.1) is 17.1 Å². The molecule has 5 heteroatoms. The van der Waals surface area contributed by atoms with Crippen LogP contribution in [0.25, 0.3) is 0 Å². The molecule has 0 aliphatic rings. The van der Waals surface area contributed by atoms with Gasteiger partial charge >= 0.3 is 0 Å². The fraction of sp³-hybridized carbons (Fsp3) is 0.273. The molecule has 3 N–H and O–H groups in total. The normalized spacial score (nSPS) is 9.50. The molecule has 0 atom stereocenters. The summed E-state index contributed by atoms with van der Waals surface area (Å²) in [7, 11) is 0. The second kappa shape index (κ2) is 5.71. The minimum absolute atomic E-state index is 0.0124. The number of benzene rings is 1. The van der Waals surface area contributed by atoms with Gasteiger partial charge < -0.3 is 11.1 Å². The molecule has 0 saturated heterocycles. The lowest BCUT2D eigenvalue weighted by molar-refractivity contribution is -0.118. The van der Waals surface area contributed by atoms with Crippen LogP contribution in [0.15, 0.2) is 18.2 Å². The second-order valence-corrected chi connectivity index (χ2v) is 3.27. The van der Waals surface area contributed by atoms with E-state index in [2.05, 4.69) is 5.32 Å². The van der Waals surface area contributed by atoms with Gasteiger partial charge in [0.2, 0.25) is 5.91 Å². The van der Waals surface area contributed by atoms with E-state index in [-0.39, 0.29) is 17.9 Å². The van der Waals surface area contributed by atoms with Gasteiger partial charge in [0.15, 0.2) is 0 Å². The van der Waals surface area contributed by atoms with Gasteiger partial charge in [-0.25, -0.2) is 4.39 Å². The summed E-state index contributed by atoms with van der Waals surface area (Å²) in [5, 5.41) is 11.6. The number of anilines is 1. The molecular formula is C11H12FN3O. The average Bonchev–Trinajstić information content (AvgIpc) is 2.24. The van der Waals surface area contributed by atoms with Crippen molar-refractivity contribution < 1.29 is 9.18 Å². The number of rotatable bonds is 5. The standard InChI is InChI=1S/C11H12FN3O/c12-9-3-1-4-10(8(9)7-13)15-6-2-5-11(14)16/h1,3-4,15H,2,5-6H2,(H2,14,16). The van der Waals surface area contributed by atoms with Gasteiger partial charge in [0.1, 0.15) is 17.4 Å². The van der Waals surface area contributed by atoms with Gasteiger partial charge in [0.25, 0.3) is 0 Å². The van der Waals surface area contributed by atoms with Crippen molar-refractivity contribution in [1.29, 1.82) is 5.26 Å². The monoisotopic (exact) mass is 221 g/mol. The number of amides is 1. The third-order valence-electron chi connectivity index (χ3n) is 2.04. The molecule has 0 aromatic heterocycles. The third-order valence-corrected chi connectivity index (χ3v) is 2.04. The van der Waals surface area contributed by atoms with Gasteiger partial charge in [-0.1, -0.05) is 6.07 Å². The van der Waals surface area contributed by atoms with Crippen molar-refractivity contribution in [2.24, 2.45) is 5.73 Å². The molecule has 0 fully saturated rings. The van der Waals surface area contributed by atoms with E-state index < -0.39 is 5.82 Å². The van der Waals surface area contributed by atoms with Crippen molar-refractivity contribution >= 4 is 11.6 Å². The number of carbonyl (C=O) groups is 1. The van der Waals surface area contributed by atoms with Crippen LogP contribution in [0.4, 0.5) is 10.1 Å². The molecule has 1 rings (SSSR count). The number of nitrogens with zero attached hydrogens (tertiary/aromatic N) is 1. The van der Waals surface area contributed by atoms with E-state index in [0.717, 1.165) is 0 Å². The summed E-state index contributed by atoms with van der Waals surface area (Å²) in [6.45, 7) is 0.473. The highest BCUT2D eigenvalue weighted by Crippen LogP contribution is 2.17. The molecule has 16 heavy (non-hydrogen) atoms. The molecule has 0 radical (unpaired) electrons. The van der Waals surface area contributed by atoms with E-state index in [9.17, 15) is 9.18 Å². The van der Waals surface area contributed by atoms with Gasteiger partial charge in [0.05, 0.1) is 5.69 Å². The summed E-state index contributed by atoms with van der Waals surface area (Å²) >= 11 is 0. The Hall–Kier alpha value is -2.09. The quantitative estimate of drug-likeness (QED) is 0.737. The number of primary amides is 1. The predicted molar refractivity (Wildman–Crippen MR) is 58.0 cm³/mol. The zero-order valence-corrected chi connectivity index (χ0v) is 8.66. The van der Waals surface area contributed by atoms with Crippen LogP contribution in [0.5, 0.6) is 0 Å². The second-order valence-electron chi connectivity index (χ2n) is 3.27. The Morgan fingerprint density at radius 2 is 2.31 bits per heavy atom. The number of nitrogens with two attached hydrogens (primary N) is 1. The lowest BCUT2D eigenvalue weighted by Gasteiger charge is -2.07. The van der Waals surface area contributed by atoms with Crippen molar-refractivity contribution in [3.63, 3.8) is 0 Å². The van der Waals surface area contributed by atoms with Crippen LogP contribution in [0.3, 0.4) is 0 Å². The van der Waals surface area contributed by atoms with Gasteiger partial charge in [0, 0.05) is 13.0 Å². The first-order valence-corrected chi connectivity index (χ1v) is 4.86. The van der Waals surface area contributed by atoms with Crippen molar-refractivity contribution in [2.45, 2.75) is 12.8 Å². The van der Waals surface area contributed by atoms with Gasteiger partial charge in [-0.2, -0.15) is 5.26 Å². The van der Waals surface area contributed by atoms with Crippen LogP contribution in [0.2, 0.25) is 0 Å². The molecule has 0 unspecified atom stereocenters. The first-order chi connectivity index (χ1) is 7.65. The van der Waals surface area contributed by atoms with Crippen LogP contribution in [-0.4, -0.2) is 12.5 Å². The minimum Gasteiger partial charge on any atom is -0.384 e. The third kappa shape index (κ3) is 3.24. The van der Waals surface area contributed by atoms with Crippen LogP contribution < -0.4 is 11.1 Å². The summed E-state index contributed by atoms with van der Waals surface area (Å²) in [5.41, 5.74) is 5.40. The van der Waals surface area contributed by atoms with Crippen LogP contribution in [0.1, 0.15) is 18.4 Å². The van der Waals surface area contributed by atoms with E-state index >= 15 is 0 Å². The summed E-state index contributed by atoms with van der Waals surface area (Å²) in [4.78, 5) is 10.5. The van der Waals surface area contributed by atoms with E-state index in [0.29, 0.717) is 18.7 Å². The number of carbonyl (C=O) groups excluding carboxylic acids is 1.